The van der Waals surface area contributed by atoms with Crippen molar-refractivity contribution >= 4 is 23.2 Å². The minimum atomic E-state index is 0.254. The molecule has 1 aliphatic heterocycles. The average molecular weight is 336 g/mol. The van der Waals surface area contributed by atoms with E-state index in [1.165, 1.54) is 24.1 Å². The monoisotopic (exact) mass is 335 g/mol. The van der Waals surface area contributed by atoms with Gasteiger partial charge in [-0.15, -0.1) is 0 Å². The van der Waals surface area contributed by atoms with Crippen LogP contribution in [0.1, 0.15) is 18.4 Å². The fourth-order valence-corrected chi connectivity index (χ4v) is 3.34. The van der Waals surface area contributed by atoms with Crippen LogP contribution in [-0.2, 0) is 4.79 Å². The first kappa shape index (κ1) is 16.6. The Kier molecular flexibility index (Phi) is 5.12. The first-order valence-electron chi connectivity index (χ1n) is 8.50. The van der Waals surface area contributed by atoms with Gasteiger partial charge in [0.25, 0.3) is 0 Å². The Labute approximate surface area is 144 Å². The van der Waals surface area contributed by atoms with Crippen molar-refractivity contribution in [2.75, 3.05) is 51.2 Å². The number of carbonyl (C=O) groups excluding carboxylic acids is 1. The van der Waals surface area contributed by atoms with Crippen LogP contribution in [-0.4, -0.2) is 62.0 Å². The van der Waals surface area contributed by atoms with Crippen molar-refractivity contribution in [2.45, 2.75) is 19.8 Å². The Morgan fingerprint density at radius 2 is 1.96 bits per heavy atom. The second-order valence-electron chi connectivity index (χ2n) is 6.91. The van der Waals surface area contributed by atoms with E-state index in [1.807, 2.05) is 24.1 Å². The third-order valence-corrected chi connectivity index (χ3v) is 5.13. The van der Waals surface area contributed by atoms with Crippen LogP contribution in [0.5, 0.6) is 0 Å². The summed E-state index contributed by atoms with van der Waals surface area (Å²) in [5.74, 6) is 1.01. The Morgan fingerprint density at radius 3 is 2.61 bits per heavy atom. The second-order valence-corrected chi connectivity index (χ2v) is 7.35. The van der Waals surface area contributed by atoms with E-state index in [2.05, 4.69) is 22.8 Å². The number of rotatable bonds is 5. The molecule has 0 unspecified atom stereocenters. The number of anilines is 1. The van der Waals surface area contributed by atoms with Crippen LogP contribution in [0.2, 0.25) is 5.02 Å². The molecule has 4 nitrogen and oxygen atoms in total. The Balaban J connectivity index is 1.49. The smallest absolute Gasteiger partial charge is 0.236 e. The molecule has 3 rings (SSSR count). The van der Waals surface area contributed by atoms with Crippen molar-refractivity contribution in [2.24, 2.45) is 5.92 Å². The highest BCUT2D eigenvalue weighted by Crippen LogP contribution is 2.29. The maximum absolute atomic E-state index is 12.3. The van der Waals surface area contributed by atoms with E-state index >= 15 is 0 Å². The van der Waals surface area contributed by atoms with Gasteiger partial charge in [-0.1, -0.05) is 17.7 Å². The zero-order valence-electron chi connectivity index (χ0n) is 14.1. The molecule has 2 fully saturated rings. The summed E-state index contributed by atoms with van der Waals surface area (Å²) in [6.07, 6.45) is 2.57. The number of piperazine rings is 1. The van der Waals surface area contributed by atoms with E-state index in [4.69, 9.17) is 11.6 Å². The predicted octanol–water partition coefficient (Wildman–Crippen LogP) is 2.64. The minimum absolute atomic E-state index is 0.254. The Hall–Kier alpha value is -1.26. The molecule has 0 aromatic heterocycles. The van der Waals surface area contributed by atoms with Crippen molar-refractivity contribution in [1.82, 2.24) is 9.80 Å². The topological polar surface area (TPSA) is 26.8 Å². The summed E-state index contributed by atoms with van der Waals surface area (Å²) in [6, 6.07) is 6.05. The predicted molar refractivity (Wildman–Crippen MR) is 95.2 cm³/mol. The molecule has 1 aromatic rings. The Bertz CT molecular complexity index is 565. The highest BCUT2D eigenvalue weighted by Gasteiger charge is 2.26. The summed E-state index contributed by atoms with van der Waals surface area (Å²) in [4.78, 5) is 18.8. The number of halogens is 1. The van der Waals surface area contributed by atoms with Crippen LogP contribution in [0.25, 0.3) is 0 Å². The summed E-state index contributed by atoms with van der Waals surface area (Å²) in [7, 11) is 1.94. The van der Waals surface area contributed by atoms with Gasteiger partial charge in [-0.25, -0.2) is 0 Å². The standard InChI is InChI=1S/C18H26ClN3O/c1-14-3-6-16(19)11-17(14)22-9-7-21(8-10-22)13-18(23)20(2)12-15-4-5-15/h3,6,11,15H,4-5,7-10,12-13H2,1-2H3. The van der Waals surface area contributed by atoms with Gasteiger partial charge in [0, 0.05) is 50.5 Å². The molecule has 1 saturated heterocycles. The molecule has 126 valence electrons. The van der Waals surface area contributed by atoms with Crippen LogP contribution >= 0.6 is 11.6 Å². The molecule has 0 N–H and O–H groups in total. The largest absolute Gasteiger partial charge is 0.369 e. The number of nitrogens with zero attached hydrogens (tertiary/aromatic N) is 3. The van der Waals surface area contributed by atoms with Crippen LogP contribution < -0.4 is 4.90 Å². The minimum Gasteiger partial charge on any atom is -0.369 e. The fraction of sp³-hybridized carbons (Fsp3) is 0.611. The third kappa shape index (κ3) is 4.39. The zero-order chi connectivity index (χ0) is 16.4. The molecule has 1 heterocycles. The molecule has 5 heteroatoms. The van der Waals surface area contributed by atoms with E-state index in [1.54, 1.807) is 0 Å². The van der Waals surface area contributed by atoms with Gasteiger partial charge in [-0.3, -0.25) is 9.69 Å². The first-order chi connectivity index (χ1) is 11.0. The van der Waals surface area contributed by atoms with Crippen LogP contribution in [0.3, 0.4) is 0 Å². The van der Waals surface area contributed by atoms with Crippen molar-refractivity contribution in [3.8, 4) is 0 Å². The lowest BCUT2D eigenvalue weighted by Crippen LogP contribution is -2.50. The number of carbonyl (C=O) groups is 1. The lowest BCUT2D eigenvalue weighted by atomic mass is 10.1. The maximum Gasteiger partial charge on any atom is 0.236 e. The van der Waals surface area contributed by atoms with Gasteiger partial charge in [0.1, 0.15) is 0 Å². The molecule has 2 aliphatic rings. The number of aryl methyl sites for hydroxylation is 1. The molecule has 23 heavy (non-hydrogen) atoms. The van der Waals surface area contributed by atoms with E-state index < -0.39 is 0 Å². The summed E-state index contributed by atoms with van der Waals surface area (Å²) in [6.45, 7) is 7.34. The summed E-state index contributed by atoms with van der Waals surface area (Å²) in [5, 5.41) is 0.782. The summed E-state index contributed by atoms with van der Waals surface area (Å²) >= 11 is 6.13. The number of benzene rings is 1. The third-order valence-electron chi connectivity index (χ3n) is 4.90. The van der Waals surface area contributed by atoms with Crippen LogP contribution in [0.4, 0.5) is 5.69 Å². The lowest BCUT2D eigenvalue weighted by Gasteiger charge is -2.37. The van der Waals surface area contributed by atoms with Gasteiger partial charge in [-0.05, 0) is 43.4 Å². The molecule has 1 aromatic carbocycles. The lowest BCUT2D eigenvalue weighted by molar-refractivity contribution is -0.131. The molecule has 1 amide bonds. The van der Waals surface area contributed by atoms with E-state index in [-0.39, 0.29) is 5.91 Å². The van der Waals surface area contributed by atoms with Crippen LogP contribution in [0.15, 0.2) is 18.2 Å². The van der Waals surface area contributed by atoms with Crippen molar-refractivity contribution in [3.63, 3.8) is 0 Å². The maximum atomic E-state index is 12.3. The molecule has 0 atom stereocenters. The van der Waals surface area contributed by atoms with Crippen LogP contribution in [0, 0.1) is 12.8 Å². The molecular formula is C18H26ClN3O. The zero-order valence-corrected chi connectivity index (χ0v) is 14.9. The number of likely N-dealkylation sites (N-methyl/N-ethyl adjacent to an activating group) is 1. The first-order valence-corrected chi connectivity index (χ1v) is 8.88. The SMILES string of the molecule is Cc1ccc(Cl)cc1N1CCN(CC(=O)N(C)CC2CC2)CC1. The number of hydrogen-bond donors (Lipinski definition) is 0. The van der Waals surface area contributed by atoms with Gasteiger partial charge in [-0.2, -0.15) is 0 Å². The quantitative estimate of drug-likeness (QED) is 0.827. The molecule has 1 aliphatic carbocycles. The highest BCUT2D eigenvalue weighted by atomic mass is 35.5. The van der Waals surface area contributed by atoms with Crippen molar-refractivity contribution < 1.29 is 4.79 Å². The molecule has 0 bridgehead atoms. The normalized spacial score (nSPS) is 19.0. The van der Waals surface area contributed by atoms with Crippen molar-refractivity contribution in [3.05, 3.63) is 28.8 Å². The second kappa shape index (κ2) is 7.10. The number of amides is 1. The molecule has 0 radical (unpaired) electrons. The fourth-order valence-electron chi connectivity index (χ4n) is 3.17. The van der Waals surface area contributed by atoms with E-state index in [0.29, 0.717) is 6.54 Å². The molecule has 1 saturated carbocycles. The van der Waals surface area contributed by atoms with E-state index in [0.717, 1.165) is 43.7 Å². The average Bonchev–Trinajstić information content (AvgIpc) is 3.34. The number of hydrogen-bond acceptors (Lipinski definition) is 3. The highest BCUT2D eigenvalue weighted by molar-refractivity contribution is 6.30. The van der Waals surface area contributed by atoms with E-state index in [9.17, 15) is 4.79 Å². The Morgan fingerprint density at radius 1 is 1.26 bits per heavy atom. The van der Waals surface area contributed by atoms with Crippen molar-refractivity contribution in [1.29, 1.82) is 0 Å². The summed E-state index contributed by atoms with van der Waals surface area (Å²) in [5.41, 5.74) is 2.47. The summed E-state index contributed by atoms with van der Waals surface area (Å²) < 4.78 is 0. The van der Waals surface area contributed by atoms with Gasteiger partial charge in [0.2, 0.25) is 5.91 Å². The van der Waals surface area contributed by atoms with Gasteiger partial charge in [0.05, 0.1) is 6.54 Å². The molecular weight excluding hydrogens is 310 g/mol. The molecule has 0 spiro atoms. The van der Waals surface area contributed by atoms with Gasteiger partial charge < -0.3 is 9.80 Å². The van der Waals surface area contributed by atoms with Gasteiger partial charge >= 0.3 is 0 Å². The van der Waals surface area contributed by atoms with Gasteiger partial charge in [0.15, 0.2) is 0 Å².